The van der Waals surface area contributed by atoms with E-state index in [0.29, 0.717) is 13.2 Å². The summed E-state index contributed by atoms with van der Waals surface area (Å²) in [7, 11) is 3.25. The highest BCUT2D eigenvalue weighted by Crippen LogP contribution is 2.28. The number of aliphatic imine (C=N–C) groups is 2. The van der Waals surface area contributed by atoms with Crippen LogP contribution in [0.3, 0.4) is 0 Å². The Morgan fingerprint density at radius 3 is 1.33 bits per heavy atom. The number of methoxy groups -OCH3 is 2. The van der Waals surface area contributed by atoms with Gasteiger partial charge in [-0.25, -0.2) is 9.98 Å². The first-order chi connectivity index (χ1) is 26.2. The van der Waals surface area contributed by atoms with Gasteiger partial charge in [-0.1, -0.05) is 0 Å². The predicted molar refractivity (Wildman–Crippen MR) is 206 cm³/mol. The quantitative estimate of drug-likeness (QED) is 0.0979. The molecule has 6 rings (SSSR count). The van der Waals surface area contributed by atoms with Crippen molar-refractivity contribution in [3.05, 3.63) is 84.7 Å². The molecule has 0 aliphatic heterocycles. The SMILES string of the molecule is COc1ccc(-c2ccc(CO[C@H]3C[C@@H](N=C=S)C3)nc2)nc1.COc1ccc(-c2ccc(CO[C@H]3C[C@@H](N=C=S)C3)nc2)nc1.O=C(O)CCC(=O)O. The van der Waals surface area contributed by atoms with E-state index >= 15 is 0 Å². The summed E-state index contributed by atoms with van der Waals surface area (Å²) in [5.41, 5.74) is 5.48. The Hall–Kier alpha value is -5.34. The summed E-state index contributed by atoms with van der Waals surface area (Å²) in [6.07, 6.45) is 10.6. The van der Waals surface area contributed by atoms with E-state index in [1.807, 2.05) is 60.9 Å². The largest absolute Gasteiger partial charge is 0.495 e. The zero-order chi connectivity index (χ0) is 38.7. The van der Waals surface area contributed by atoms with Crippen LogP contribution in [-0.2, 0) is 32.3 Å². The highest BCUT2D eigenvalue weighted by molar-refractivity contribution is 7.78. The summed E-state index contributed by atoms with van der Waals surface area (Å²) in [4.78, 5) is 44.9. The van der Waals surface area contributed by atoms with Crippen molar-refractivity contribution >= 4 is 46.7 Å². The lowest BCUT2D eigenvalue weighted by atomic mass is 9.90. The topological polar surface area (TPSA) is 188 Å². The van der Waals surface area contributed by atoms with Gasteiger partial charge in [0.1, 0.15) is 11.5 Å². The molecule has 16 heteroatoms. The van der Waals surface area contributed by atoms with Crippen molar-refractivity contribution in [2.45, 2.75) is 76.0 Å². The number of hydrogen-bond donors (Lipinski definition) is 2. The van der Waals surface area contributed by atoms with Gasteiger partial charge in [0.2, 0.25) is 0 Å². The van der Waals surface area contributed by atoms with Crippen molar-refractivity contribution in [1.29, 1.82) is 0 Å². The summed E-state index contributed by atoms with van der Waals surface area (Å²) in [6.45, 7) is 1.02. The fourth-order valence-electron chi connectivity index (χ4n) is 4.99. The van der Waals surface area contributed by atoms with Gasteiger partial charge in [0.25, 0.3) is 0 Å². The first-order valence-corrected chi connectivity index (χ1v) is 17.7. The Labute approximate surface area is 323 Å². The van der Waals surface area contributed by atoms with E-state index < -0.39 is 11.9 Å². The van der Waals surface area contributed by atoms with Crippen molar-refractivity contribution in [2.24, 2.45) is 9.98 Å². The minimum Gasteiger partial charge on any atom is -0.495 e. The van der Waals surface area contributed by atoms with Crippen LogP contribution in [0.4, 0.5) is 0 Å². The van der Waals surface area contributed by atoms with Crippen LogP contribution in [-0.4, -0.2) is 90.9 Å². The molecule has 2 aliphatic carbocycles. The maximum absolute atomic E-state index is 9.64. The number of rotatable bonds is 15. The van der Waals surface area contributed by atoms with Crippen LogP contribution in [0, 0.1) is 0 Å². The number of isothiocyanates is 2. The van der Waals surface area contributed by atoms with E-state index in [1.165, 1.54) is 0 Å². The minimum atomic E-state index is -1.08. The Bertz CT molecular complexity index is 1740. The maximum atomic E-state index is 9.64. The second-order valence-electron chi connectivity index (χ2n) is 12.1. The molecule has 0 unspecified atom stereocenters. The molecule has 0 amide bonds. The van der Waals surface area contributed by atoms with Gasteiger partial charge in [-0.3, -0.25) is 29.5 Å². The number of thiocarbonyl (C=S) groups is 2. The third-order valence-corrected chi connectivity index (χ3v) is 8.49. The number of nitrogens with zero attached hydrogens (tertiary/aromatic N) is 6. The number of pyridine rings is 4. The van der Waals surface area contributed by atoms with E-state index in [9.17, 15) is 9.59 Å². The molecule has 0 spiro atoms. The lowest BCUT2D eigenvalue weighted by Crippen LogP contribution is -2.34. The third kappa shape index (κ3) is 13.9. The van der Waals surface area contributed by atoms with E-state index in [4.69, 9.17) is 29.2 Å². The molecule has 2 aliphatic rings. The first-order valence-electron chi connectivity index (χ1n) is 16.9. The molecule has 0 saturated heterocycles. The summed E-state index contributed by atoms with van der Waals surface area (Å²) < 4.78 is 21.8. The molecule has 4 aromatic heterocycles. The standard InChI is InChI=1S/2C17H17N3O2S.C4H6O4/c2*1-21-15-4-5-17(19-9-15)12-2-3-13(18-8-12)10-22-16-6-14(7-16)20-11-23;5-3(6)1-2-4(7)8/h2*2-5,8-9,14,16H,6-7,10H2,1H3;1-2H2,(H,5,6)(H,7,8)/t2*14-,16+;. The summed E-state index contributed by atoms with van der Waals surface area (Å²) in [5.74, 6) is -0.674. The fraction of sp³-hybridized carbons (Fsp3) is 0.368. The van der Waals surface area contributed by atoms with Gasteiger partial charge in [0.05, 0.1) is 110 Å². The zero-order valence-corrected chi connectivity index (χ0v) is 31.4. The molecule has 2 saturated carbocycles. The maximum Gasteiger partial charge on any atom is 0.303 e. The van der Waals surface area contributed by atoms with Crippen LogP contribution in [0.15, 0.2) is 83.3 Å². The molecule has 0 aromatic carbocycles. The highest BCUT2D eigenvalue weighted by atomic mass is 32.1. The third-order valence-electron chi connectivity index (χ3n) is 8.28. The first kappa shape index (κ1) is 41.4. The van der Waals surface area contributed by atoms with E-state index in [2.05, 4.69) is 64.7 Å². The molecule has 4 aromatic rings. The van der Waals surface area contributed by atoms with E-state index in [1.54, 1.807) is 26.6 Å². The Kier molecular flexibility index (Phi) is 16.9. The van der Waals surface area contributed by atoms with Crippen LogP contribution in [0.25, 0.3) is 22.5 Å². The molecular formula is C38H40N6O8S2. The number of aliphatic carboxylic acids is 2. The zero-order valence-electron chi connectivity index (χ0n) is 29.7. The number of aromatic nitrogens is 4. The molecule has 0 atom stereocenters. The number of hydrogen-bond acceptors (Lipinski definition) is 14. The minimum absolute atomic E-state index is 0.247. The summed E-state index contributed by atoms with van der Waals surface area (Å²) in [6, 6.07) is 16.1. The van der Waals surface area contributed by atoms with Crippen LogP contribution in [0.5, 0.6) is 11.5 Å². The van der Waals surface area contributed by atoms with Crippen molar-refractivity contribution in [2.75, 3.05) is 14.2 Å². The van der Waals surface area contributed by atoms with Gasteiger partial charge in [-0.05, 0) is 98.6 Å². The normalized spacial score (nSPS) is 17.9. The number of carboxylic acid groups (broad SMARTS) is 2. The molecule has 282 valence electrons. The lowest BCUT2D eigenvalue weighted by Gasteiger charge is -2.31. The summed E-state index contributed by atoms with van der Waals surface area (Å²) >= 11 is 9.19. The summed E-state index contributed by atoms with van der Waals surface area (Å²) in [5, 5.41) is 20.6. The number of carbonyl (C=O) groups is 2. The molecule has 0 radical (unpaired) electrons. The second kappa shape index (κ2) is 22.0. The molecule has 0 bridgehead atoms. The Balaban J connectivity index is 0.000000201. The van der Waals surface area contributed by atoms with Crippen LogP contribution in [0.2, 0.25) is 0 Å². The van der Waals surface area contributed by atoms with E-state index in [-0.39, 0.29) is 37.1 Å². The predicted octanol–water partition coefficient (Wildman–Crippen LogP) is 6.54. The molecule has 14 nitrogen and oxygen atoms in total. The van der Waals surface area contributed by atoms with Crippen LogP contribution in [0.1, 0.15) is 49.9 Å². The van der Waals surface area contributed by atoms with Gasteiger partial charge in [0, 0.05) is 23.5 Å². The molecule has 4 heterocycles. The van der Waals surface area contributed by atoms with Gasteiger partial charge in [-0.15, -0.1) is 0 Å². The monoisotopic (exact) mass is 772 g/mol. The van der Waals surface area contributed by atoms with Crippen molar-refractivity contribution in [3.8, 4) is 34.0 Å². The van der Waals surface area contributed by atoms with Gasteiger partial charge >= 0.3 is 11.9 Å². The lowest BCUT2D eigenvalue weighted by molar-refractivity contribution is -0.143. The number of carboxylic acids is 2. The molecule has 2 N–H and O–H groups in total. The van der Waals surface area contributed by atoms with Crippen molar-refractivity contribution in [3.63, 3.8) is 0 Å². The molecular weight excluding hydrogens is 733 g/mol. The van der Waals surface area contributed by atoms with Crippen molar-refractivity contribution < 1.29 is 38.7 Å². The average Bonchev–Trinajstić information content (AvgIpc) is 3.17. The number of ether oxygens (including phenoxy) is 4. The second-order valence-corrected chi connectivity index (χ2v) is 12.5. The fourth-order valence-corrected chi connectivity index (χ4v) is 5.29. The average molecular weight is 773 g/mol. The molecule has 54 heavy (non-hydrogen) atoms. The van der Waals surface area contributed by atoms with Crippen LogP contribution >= 0.6 is 24.4 Å². The van der Waals surface area contributed by atoms with Gasteiger partial charge in [-0.2, -0.15) is 0 Å². The highest BCUT2D eigenvalue weighted by Gasteiger charge is 2.30. The van der Waals surface area contributed by atoms with Gasteiger partial charge < -0.3 is 29.2 Å². The van der Waals surface area contributed by atoms with E-state index in [0.717, 1.165) is 71.1 Å². The van der Waals surface area contributed by atoms with Crippen molar-refractivity contribution in [1.82, 2.24) is 19.9 Å². The van der Waals surface area contributed by atoms with Crippen LogP contribution < -0.4 is 9.47 Å². The van der Waals surface area contributed by atoms with Gasteiger partial charge in [0.15, 0.2) is 0 Å². The molecule has 2 fully saturated rings. The Morgan fingerprint density at radius 2 is 1.06 bits per heavy atom. The Morgan fingerprint density at radius 1 is 0.648 bits per heavy atom. The smallest absolute Gasteiger partial charge is 0.303 e.